The van der Waals surface area contributed by atoms with E-state index in [9.17, 15) is 0 Å². The molecule has 0 aliphatic carbocycles. The second kappa shape index (κ2) is 7.51. The second-order valence-electron chi connectivity index (χ2n) is 5.22. The normalized spacial score (nSPS) is 12.2. The molecular weight excluding hydrogens is 280 g/mol. The molecule has 2 rings (SSSR count). The molecule has 21 heavy (non-hydrogen) atoms. The highest BCUT2D eigenvalue weighted by Gasteiger charge is 2.13. The standard InChI is InChI=1S/C19H23ClO/c1-4-14-10-11-16(12-15(14)5-2)18(20)13-17-8-6-7-9-19(17)21-3/h6-12,18H,4-5,13H2,1-3H3. The van der Waals surface area contributed by atoms with E-state index in [-0.39, 0.29) is 5.38 Å². The first-order valence-electron chi connectivity index (χ1n) is 7.57. The van der Waals surface area contributed by atoms with Crippen LogP contribution in [0.5, 0.6) is 5.75 Å². The highest BCUT2D eigenvalue weighted by atomic mass is 35.5. The Morgan fingerprint density at radius 2 is 1.67 bits per heavy atom. The zero-order valence-corrected chi connectivity index (χ0v) is 13.8. The molecule has 0 amide bonds. The average Bonchev–Trinajstić information content (AvgIpc) is 2.54. The number of benzene rings is 2. The maximum absolute atomic E-state index is 6.64. The Bertz CT molecular complexity index is 592. The summed E-state index contributed by atoms with van der Waals surface area (Å²) < 4.78 is 5.40. The quantitative estimate of drug-likeness (QED) is 0.654. The first-order valence-corrected chi connectivity index (χ1v) is 8.00. The van der Waals surface area contributed by atoms with Crippen LogP contribution >= 0.6 is 11.6 Å². The van der Waals surface area contributed by atoms with Crippen LogP contribution in [0.1, 0.15) is 41.5 Å². The number of aryl methyl sites for hydroxylation is 2. The smallest absolute Gasteiger partial charge is 0.122 e. The molecule has 0 bridgehead atoms. The van der Waals surface area contributed by atoms with Crippen LogP contribution in [-0.2, 0) is 19.3 Å². The molecule has 2 aromatic rings. The van der Waals surface area contributed by atoms with Gasteiger partial charge in [0.15, 0.2) is 0 Å². The predicted molar refractivity (Wildman–Crippen MR) is 90.5 cm³/mol. The van der Waals surface area contributed by atoms with E-state index in [1.807, 2.05) is 18.2 Å². The number of ether oxygens (including phenoxy) is 1. The summed E-state index contributed by atoms with van der Waals surface area (Å²) in [5, 5.41) is -0.0301. The lowest BCUT2D eigenvalue weighted by molar-refractivity contribution is 0.409. The van der Waals surface area contributed by atoms with E-state index >= 15 is 0 Å². The van der Waals surface area contributed by atoms with Gasteiger partial charge in [-0.1, -0.05) is 50.2 Å². The van der Waals surface area contributed by atoms with E-state index in [1.165, 1.54) is 16.7 Å². The molecule has 0 aliphatic heterocycles. The number of alkyl halides is 1. The number of rotatable bonds is 6. The molecule has 2 heteroatoms. The molecule has 1 unspecified atom stereocenters. The van der Waals surface area contributed by atoms with Crippen molar-refractivity contribution in [3.05, 3.63) is 64.7 Å². The van der Waals surface area contributed by atoms with Gasteiger partial charge in [-0.25, -0.2) is 0 Å². The van der Waals surface area contributed by atoms with Crippen LogP contribution in [0.3, 0.4) is 0 Å². The number of hydrogen-bond acceptors (Lipinski definition) is 1. The lowest BCUT2D eigenvalue weighted by atomic mass is 9.96. The van der Waals surface area contributed by atoms with Crippen molar-refractivity contribution in [2.45, 2.75) is 38.5 Å². The fourth-order valence-corrected chi connectivity index (χ4v) is 3.00. The summed E-state index contributed by atoms with van der Waals surface area (Å²) in [4.78, 5) is 0. The van der Waals surface area contributed by atoms with Crippen molar-refractivity contribution in [1.82, 2.24) is 0 Å². The molecule has 1 atom stereocenters. The van der Waals surface area contributed by atoms with Crippen LogP contribution in [0.15, 0.2) is 42.5 Å². The summed E-state index contributed by atoms with van der Waals surface area (Å²) in [5.41, 5.74) is 5.16. The maximum Gasteiger partial charge on any atom is 0.122 e. The molecule has 0 radical (unpaired) electrons. The monoisotopic (exact) mass is 302 g/mol. The van der Waals surface area contributed by atoms with E-state index in [0.717, 1.165) is 30.6 Å². The molecule has 112 valence electrons. The van der Waals surface area contributed by atoms with Crippen LogP contribution in [0.2, 0.25) is 0 Å². The van der Waals surface area contributed by atoms with E-state index in [1.54, 1.807) is 7.11 Å². The van der Waals surface area contributed by atoms with Crippen LogP contribution in [0, 0.1) is 0 Å². The minimum absolute atomic E-state index is 0.0301. The van der Waals surface area contributed by atoms with Gasteiger partial charge in [-0.3, -0.25) is 0 Å². The predicted octanol–water partition coefficient (Wildman–Crippen LogP) is 5.34. The summed E-state index contributed by atoms with van der Waals surface area (Å²) in [6, 6.07) is 14.7. The zero-order chi connectivity index (χ0) is 15.2. The van der Waals surface area contributed by atoms with Crippen molar-refractivity contribution < 1.29 is 4.74 Å². The first-order chi connectivity index (χ1) is 10.2. The Hall–Kier alpha value is -1.47. The van der Waals surface area contributed by atoms with Gasteiger partial charge in [-0.15, -0.1) is 11.6 Å². The molecule has 1 nitrogen and oxygen atoms in total. The van der Waals surface area contributed by atoms with Crippen LogP contribution in [0.4, 0.5) is 0 Å². The fraction of sp³-hybridized carbons (Fsp3) is 0.368. The molecule has 0 aromatic heterocycles. The van der Waals surface area contributed by atoms with E-state index in [2.05, 4.69) is 38.1 Å². The number of halogens is 1. The third kappa shape index (κ3) is 3.79. The van der Waals surface area contributed by atoms with Gasteiger partial charge in [-0.05, 0) is 47.6 Å². The number of methoxy groups -OCH3 is 1. The molecule has 0 aliphatic rings. The highest BCUT2D eigenvalue weighted by Crippen LogP contribution is 2.30. The van der Waals surface area contributed by atoms with Gasteiger partial charge >= 0.3 is 0 Å². The Morgan fingerprint density at radius 3 is 2.33 bits per heavy atom. The van der Waals surface area contributed by atoms with Crippen molar-refractivity contribution in [3.8, 4) is 5.75 Å². The SMILES string of the molecule is CCc1ccc(C(Cl)Cc2ccccc2OC)cc1CC. The Balaban J connectivity index is 2.22. The average molecular weight is 303 g/mol. The Labute approximate surface area is 132 Å². The minimum Gasteiger partial charge on any atom is -0.496 e. The summed E-state index contributed by atoms with van der Waals surface area (Å²) in [5.74, 6) is 0.907. The molecule has 2 aromatic carbocycles. The van der Waals surface area contributed by atoms with Gasteiger partial charge in [0.1, 0.15) is 5.75 Å². The summed E-state index contributed by atoms with van der Waals surface area (Å²) in [7, 11) is 1.70. The van der Waals surface area contributed by atoms with Crippen LogP contribution < -0.4 is 4.74 Å². The third-order valence-electron chi connectivity index (χ3n) is 3.95. The summed E-state index contributed by atoms with van der Waals surface area (Å²) >= 11 is 6.64. The Morgan fingerprint density at radius 1 is 0.952 bits per heavy atom. The lowest BCUT2D eigenvalue weighted by Crippen LogP contribution is -2.01. The summed E-state index contributed by atoms with van der Waals surface area (Å²) in [6.45, 7) is 4.39. The first kappa shape index (κ1) is 15.9. The lowest BCUT2D eigenvalue weighted by Gasteiger charge is -2.15. The highest BCUT2D eigenvalue weighted by molar-refractivity contribution is 6.21. The van der Waals surface area contributed by atoms with Gasteiger partial charge in [0.2, 0.25) is 0 Å². The molecule has 0 saturated carbocycles. The zero-order valence-electron chi connectivity index (χ0n) is 13.0. The van der Waals surface area contributed by atoms with Crippen LogP contribution in [-0.4, -0.2) is 7.11 Å². The van der Waals surface area contributed by atoms with Crippen molar-refractivity contribution >= 4 is 11.6 Å². The largest absolute Gasteiger partial charge is 0.496 e. The van der Waals surface area contributed by atoms with Gasteiger partial charge in [0.05, 0.1) is 12.5 Å². The second-order valence-corrected chi connectivity index (χ2v) is 5.75. The maximum atomic E-state index is 6.64. The topological polar surface area (TPSA) is 9.23 Å². The summed E-state index contributed by atoms with van der Waals surface area (Å²) in [6.07, 6.45) is 2.90. The molecule has 0 spiro atoms. The molecular formula is C19H23ClO. The third-order valence-corrected chi connectivity index (χ3v) is 4.35. The number of hydrogen-bond donors (Lipinski definition) is 0. The van der Waals surface area contributed by atoms with Crippen molar-refractivity contribution in [1.29, 1.82) is 0 Å². The molecule has 0 saturated heterocycles. The van der Waals surface area contributed by atoms with Crippen molar-refractivity contribution in [3.63, 3.8) is 0 Å². The fourth-order valence-electron chi connectivity index (χ4n) is 2.70. The van der Waals surface area contributed by atoms with Crippen molar-refractivity contribution in [2.75, 3.05) is 7.11 Å². The van der Waals surface area contributed by atoms with Crippen LogP contribution in [0.25, 0.3) is 0 Å². The van der Waals surface area contributed by atoms with Gasteiger partial charge in [0.25, 0.3) is 0 Å². The van der Waals surface area contributed by atoms with Crippen molar-refractivity contribution in [2.24, 2.45) is 0 Å². The molecule has 0 N–H and O–H groups in total. The molecule has 0 heterocycles. The van der Waals surface area contributed by atoms with E-state index < -0.39 is 0 Å². The number of para-hydroxylation sites is 1. The Kier molecular flexibility index (Phi) is 5.69. The van der Waals surface area contributed by atoms with E-state index in [0.29, 0.717) is 0 Å². The van der Waals surface area contributed by atoms with E-state index in [4.69, 9.17) is 16.3 Å². The minimum atomic E-state index is -0.0301. The van der Waals surface area contributed by atoms with Gasteiger partial charge in [-0.2, -0.15) is 0 Å². The van der Waals surface area contributed by atoms with Gasteiger partial charge in [0, 0.05) is 0 Å². The van der Waals surface area contributed by atoms with Gasteiger partial charge < -0.3 is 4.74 Å². The molecule has 0 fully saturated rings.